The van der Waals surface area contributed by atoms with Crippen LogP contribution >= 0.6 is 0 Å². The molecule has 5 heteroatoms. The smallest absolute Gasteiger partial charge is 0.155 e. The van der Waals surface area contributed by atoms with E-state index in [1.165, 1.54) is 0 Å². The number of aromatic nitrogens is 2. The maximum Gasteiger partial charge on any atom is 0.155 e. The molecular weight excluding hydrogens is 350 g/mol. The second-order valence-corrected chi connectivity index (χ2v) is 6.44. The van der Waals surface area contributed by atoms with Crippen molar-refractivity contribution in [3.63, 3.8) is 0 Å². The Bertz CT molecular complexity index is 1380. The lowest BCUT2D eigenvalue weighted by Gasteiger charge is -2.07. The van der Waals surface area contributed by atoms with Crippen LogP contribution < -0.4 is 5.36 Å². The van der Waals surface area contributed by atoms with E-state index in [1.54, 1.807) is 12.3 Å². The van der Waals surface area contributed by atoms with Gasteiger partial charge in [-0.3, -0.25) is 9.97 Å². The molecule has 5 aromatic rings. The van der Waals surface area contributed by atoms with Crippen molar-refractivity contribution in [1.82, 2.24) is 9.97 Å². The number of fused-ring (bicyclic) bond motifs is 2. The maximum atomic E-state index is 9.52. The average molecular weight is 365 g/mol. The number of hydrogen-bond donors (Lipinski definition) is 1. The van der Waals surface area contributed by atoms with Crippen molar-refractivity contribution in [2.24, 2.45) is 5.16 Å². The number of pyridine rings is 2. The number of benzene rings is 2. The molecule has 0 amide bonds. The van der Waals surface area contributed by atoms with Gasteiger partial charge in [0.05, 0.1) is 5.69 Å². The van der Waals surface area contributed by atoms with Crippen LogP contribution in [-0.2, 0) is 0 Å². The fourth-order valence-electron chi connectivity index (χ4n) is 3.29. The summed E-state index contributed by atoms with van der Waals surface area (Å²) in [6.07, 6.45) is 3.56. The lowest BCUT2D eigenvalue weighted by Crippen LogP contribution is -2.04. The molecule has 0 aliphatic carbocycles. The second-order valence-electron chi connectivity index (χ2n) is 6.44. The summed E-state index contributed by atoms with van der Waals surface area (Å²) in [4.78, 5) is 8.90. The summed E-state index contributed by atoms with van der Waals surface area (Å²) >= 11 is 0. The number of hydrogen-bond acceptors (Lipinski definition) is 5. The van der Waals surface area contributed by atoms with Gasteiger partial charge in [-0.05, 0) is 35.7 Å². The van der Waals surface area contributed by atoms with Crippen LogP contribution in [0.25, 0.3) is 44.5 Å². The van der Waals surface area contributed by atoms with Crippen molar-refractivity contribution < 1.29 is 9.62 Å². The van der Waals surface area contributed by atoms with Gasteiger partial charge < -0.3 is 9.62 Å². The molecular formula is C23H15N3O2. The van der Waals surface area contributed by atoms with Crippen LogP contribution in [0.1, 0.15) is 0 Å². The van der Waals surface area contributed by atoms with Crippen LogP contribution in [0.15, 0.2) is 94.8 Å². The topological polar surface area (TPSA) is 71.5 Å². The molecule has 2 aromatic carbocycles. The summed E-state index contributed by atoms with van der Waals surface area (Å²) in [6, 6.07) is 23.1. The Morgan fingerprint density at radius 1 is 0.786 bits per heavy atom. The van der Waals surface area contributed by atoms with Crippen molar-refractivity contribution in [1.29, 1.82) is 0 Å². The molecule has 0 radical (unpaired) electrons. The minimum atomic E-state index is 0.429. The molecule has 28 heavy (non-hydrogen) atoms. The molecule has 1 N–H and O–H groups in total. The monoisotopic (exact) mass is 365 g/mol. The third-order valence-corrected chi connectivity index (χ3v) is 4.70. The summed E-state index contributed by atoms with van der Waals surface area (Å²) in [5, 5.41) is 16.2. The third-order valence-electron chi connectivity index (χ3n) is 4.70. The van der Waals surface area contributed by atoms with Gasteiger partial charge in [-0.25, -0.2) is 0 Å². The molecule has 3 heterocycles. The van der Waals surface area contributed by atoms with Gasteiger partial charge in [0.15, 0.2) is 5.76 Å². The normalized spacial score (nSPS) is 11.9. The maximum absolute atomic E-state index is 9.52. The largest absolute Gasteiger partial charge is 0.454 e. The fourth-order valence-corrected chi connectivity index (χ4v) is 3.29. The van der Waals surface area contributed by atoms with Gasteiger partial charge in [0.2, 0.25) is 0 Å². The standard InChI is InChI=1S/C23H15N3O2/c27-26-20-13-23(21-11-15-5-1-2-6-17(15)14-25-21)28-22-12-16(8-9-18(20)22)19-7-3-4-10-24-19/h1-14,27H/b26-20+. The first kappa shape index (κ1) is 16.2. The van der Waals surface area contributed by atoms with Crippen LogP contribution in [0.5, 0.6) is 0 Å². The molecule has 0 atom stereocenters. The van der Waals surface area contributed by atoms with E-state index in [-0.39, 0.29) is 0 Å². The molecule has 0 bridgehead atoms. The third kappa shape index (κ3) is 2.79. The van der Waals surface area contributed by atoms with Gasteiger partial charge in [-0.1, -0.05) is 41.6 Å². The summed E-state index contributed by atoms with van der Waals surface area (Å²) in [7, 11) is 0. The zero-order chi connectivity index (χ0) is 18.9. The van der Waals surface area contributed by atoms with Gasteiger partial charge in [-0.15, -0.1) is 0 Å². The molecule has 0 aliphatic heterocycles. The van der Waals surface area contributed by atoms with E-state index in [0.29, 0.717) is 27.8 Å². The molecule has 0 unspecified atom stereocenters. The van der Waals surface area contributed by atoms with Gasteiger partial charge >= 0.3 is 0 Å². The summed E-state index contributed by atoms with van der Waals surface area (Å²) in [5.74, 6) is 0.532. The lowest BCUT2D eigenvalue weighted by atomic mass is 10.1. The summed E-state index contributed by atoms with van der Waals surface area (Å²) in [6.45, 7) is 0. The first-order valence-electron chi connectivity index (χ1n) is 8.84. The number of nitrogens with zero attached hydrogens (tertiary/aromatic N) is 3. The Kier molecular flexibility index (Phi) is 3.84. The highest BCUT2D eigenvalue weighted by Gasteiger charge is 2.10. The molecule has 5 rings (SSSR count). The lowest BCUT2D eigenvalue weighted by molar-refractivity contribution is 0.302. The van der Waals surface area contributed by atoms with E-state index in [9.17, 15) is 5.21 Å². The molecule has 0 saturated heterocycles. The van der Waals surface area contributed by atoms with Crippen LogP contribution in [0.3, 0.4) is 0 Å². The zero-order valence-electron chi connectivity index (χ0n) is 14.8. The van der Waals surface area contributed by atoms with E-state index < -0.39 is 0 Å². The first-order chi connectivity index (χ1) is 13.8. The average Bonchev–Trinajstić information content (AvgIpc) is 2.78. The Hall–Kier alpha value is -3.99. The van der Waals surface area contributed by atoms with Gasteiger partial charge in [0.1, 0.15) is 16.6 Å². The van der Waals surface area contributed by atoms with Gasteiger partial charge in [-0.2, -0.15) is 0 Å². The minimum absolute atomic E-state index is 0.429. The zero-order valence-corrected chi connectivity index (χ0v) is 14.8. The summed E-state index contributed by atoms with van der Waals surface area (Å²) < 4.78 is 6.14. The predicted molar refractivity (Wildman–Crippen MR) is 108 cm³/mol. The molecule has 0 saturated carbocycles. The van der Waals surface area contributed by atoms with Crippen molar-refractivity contribution in [2.75, 3.05) is 0 Å². The Morgan fingerprint density at radius 3 is 2.46 bits per heavy atom. The highest BCUT2D eigenvalue weighted by atomic mass is 16.4. The van der Waals surface area contributed by atoms with Crippen molar-refractivity contribution in [2.45, 2.75) is 0 Å². The van der Waals surface area contributed by atoms with Crippen LogP contribution in [0.4, 0.5) is 0 Å². The highest BCUT2D eigenvalue weighted by molar-refractivity contribution is 5.86. The SMILES string of the molecule is O/N=c1\cc(-c2cc3ccccc3cn2)oc2cc(-c3ccccn3)ccc12. The second kappa shape index (κ2) is 6.63. The van der Waals surface area contributed by atoms with E-state index in [0.717, 1.165) is 22.0 Å². The van der Waals surface area contributed by atoms with E-state index in [4.69, 9.17) is 4.42 Å². The predicted octanol–water partition coefficient (Wildman–Crippen LogP) is 5.00. The molecule has 134 valence electrons. The first-order valence-corrected chi connectivity index (χ1v) is 8.84. The Morgan fingerprint density at radius 2 is 1.64 bits per heavy atom. The van der Waals surface area contributed by atoms with Crippen molar-refractivity contribution in [3.05, 3.63) is 90.5 Å². The minimum Gasteiger partial charge on any atom is -0.454 e. The molecule has 0 aliphatic rings. The molecule has 0 fully saturated rings. The van der Waals surface area contributed by atoms with E-state index in [2.05, 4.69) is 15.1 Å². The Labute approximate surface area is 160 Å². The fraction of sp³-hybridized carbons (Fsp3) is 0. The van der Waals surface area contributed by atoms with Gasteiger partial charge in [0, 0.05) is 34.8 Å². The Balaban J connectivity index is 1.72. The van der Waals surface area contributed by atoms with Crippen molar-refractivity contribution in [3.8, 4) is 22.7 Å². The summed E-state index contributed by atoms with van der Waals surface area (Å²) in [5.41, 5.74) is 3.04. The van der Waals surface area contributed by atoms with Crippen LogP contribution in [0.2, 0.25) is 0 Å². The molecule has 3 aromatic heterocycles. The van der Waals surface area contributed by atoms with Crippen LogP contribution in [0, 0.1) is 0 Å². The van der Waals surface area contributed by atoms with Crippen LogP contribution in [-0.4, -0.2) is 15.2 Å². The molecule has 5 nitrogen and oxygen atoms in total. The van der Waals surface area contributed by atoms with Gasteiger partial charge in [0.25, 0.3) is 0 Å². The number of rotatable bonds is 2. The quantitative estimate of drug-likeness (QED) is 0.353. The van der Waals surface area contributed by atoms with E-state index >= 15 is 0 Å². The van der Waals surface area contributed by atoms with Crippen molar-refractivity contribution >= 4 is 21.7 Å². The molecule has 0 spiro atoms. The van der Waals surface area contributed by atoms with E-state index in [1.807, 2.05) is 72.9 Å². The highest BCUT2D eigenvalue weighted by Crippen LogP contribution is 2.26.